The number of carbonyl (C=O) groups excluding carboxylic acids is 1. The lowest BCUT2D eigenvalue weighted by atomic mass is 10.1. The molecule has 1 aliphatic rings. The van der Waals surface area contributed by atoms with Crippen LogP contribution in [0, 0.1) is 0 Å². The highest BCUT2D eigenvalue weighted by Gasteiger charge is 2.29. The van der Waals surface area contributed by atoms with Gasteiger partial charge in [-0.25, -0.2) is 0 Å². The van der Waals surface area contributed by atoms with Gasteiger partial charge in [0.15, 0.2) is 0 Å². The number of methoxy groups -OCH3 is 1. The highest BCUT2D eigenvalue weighted by atomic mass is 16.5. The number of hydrogen-bond acceptors (Lipinski definition) is 4. The molecule has 0 N–H and O–H groups in total. The number of carbonyl (C=O) groups is 1. The van der Waals surface area contributed by atoms with Crippen LogP contribution in [0.1, 0.15) is 12.0 Å². The second kappa shape index (κ2) is 6.52. The summed E-state index contributed by atoms with van der Waals surface area (Å²) in [7, 11) is 1.42. The summed E-state index contributed by atoms with van der Waals surface area (Å²) >= 11 is 0. The maximum atomic E-state index is 11.7. The van der Waals surface area contributed by atoms with Gasteiger partial charge in [-0.15, -0.1) is 0 Å². The zero-order valence-corrected chi connectivity index (χ0v) is 12.6. The highest BCUT2D eigenvalue weighted by Crippen LogP contribution is 2.35. The zero-order chi connectivity index (χ0) is 15.4. The molecule has 0 amide bonds. The Morgan fingerprint density at radius 1 is 1.18 bits per heavy atom. The Morgan fingerprint density at radius 2 is 1.91 bits per heavy atom. The van der Waals surface area contributed by atoms with Gasteiger partial charge in [0.05, 0.1) is 25.3 Å². The topological polar surface area (TPSA) is 38.8 Å². The molecule has 1 heterocycles. The molecule has 0 spiro atoms. The van der Waals surface area contributed by atoms with Crippen molar-refractivity contribution >= 4 is 11.7 Å². The number of esters is 1. The number of hydrogen-bond donors (Lipinski definition) is 0. The maximum absolute atomic E-state index is 11.7. The van der Waals surface area contributed by atoms with Crippen LogP contribution >= 0.6 is 0 Å². The molecule has 0 unspecified atom stereocenters. The van der Waals surface area contributed by atoms with Crippen molar-refractivity contribution in [1.29, 1.82) is 0 Å². The third-order valence-corrected chi connectivity index (χ3v) is 3.87. The van der Waals surface area contributed by atoms with Crippen molar-refractivity contribution in [1.82, 2.24) is 0 Å². The molecule has 114 valence electrons. The maximum Gasteiger partial charge on any atom is 0.307 e. The molecular weight excluding hydrogens is 278 g/mol. The molecule has 1 aliphatic heterocycles. The van der Waals surface area contributed by atoms with Crippen molar-refractivity contribution in [3.8, 4) is 5.75 Å². The number of para-hydroxylation sites is 2. The Bertz CT molecular complexity index is 642. The van der Waals surface area contributed by atoms with Gasteiger partial charge in [-0.3, -0.25) is 4.79 Å². The minimum atomic E-state index is -0.217. The van der Waals surface area contributed by atoms with E-state index in [1.54, 1.807) is 0 Å². The van der Waals surface area contributed by atoms with Crippen molar-refractivity contribution in [3.05, 3.63) is 60.2 Å². The predicted octanol–water partition coefficient (Wildman–Crippen LogP) is 3.02. The van der Waals surface area contributed by atoms with Crippen LogP contribution in [0.5, 0.6) is 5.75 Å². The fourth-order valence-electron chi connectivity index (χ4n) is 2.73. The molecule has 22 heavy (non-hydrogen) atoms. The molecule has 2 aromatic rings. The van der Waals surface area contributed by atoms with Gasteiger partial charge in [0.1, 0.15) is 12.4 Å². The average Bonchev–Trinajstić information content (AvgIpc) is 2.57. The summed E-state index contributed by atoms with van der Waals surface area (Å²) in [6.07, 6.45) is 0.317. The molecule has 0 saturated carbocycles. The molecule has 1 atom stereocenters. The Morgan fingerprint density at radius 3 is 2.68 bits per heavy atom. The predicted molar refractivity (Wildman–Crippen MR) is 85.0 cm³/mol. The quantitative estimate of drug-likeness (QED) is 0.813. The second-order valence-electron chi connectivity index (χ2n) is 5.33. The van der Waals surface area contributed by atoms with Crippen molar-refractivity contribution < 1.29 is 14.3 Å². The first-order valence-corrected chi connectivity index (χ1v) is 7.37. The van der Waals surface area contributed by atoms with Crippen LogP contribution in [-0.4, -0.2) is 25.7 Å². The molecule has 0 bridgehead atoms. The standard InChI is InChI=1S/C18H19NO3/c1-21-18(20)11-15-13-22-17-10-6-5-9-16(17)19(15)12-14-7-3-2-4-8-14/h2-10,15H,11-13H2,1H3/t15-/m0/s1. The Kier molecular flexibility index (Phi) is 4.28. The van der Waals surface area contributed by atoms with Crippen LogP contribution in [0.2, 0.25) is 0 Å². The number of fused-ring (bicyclic) bond motifs is 1. The van der Waals surface area contributed by atoms with Crippen LogP contribution in [0.15, 0.2) is 54.6 Å². The molecule has 0 aromatic heterocycles. The van der Waals surface area contributed by atoms with E-state index in [4.69, 9.17) is 9.47 Å². The largest absolute Gasteiger partial charge is 0.489 e. The molecule has 3 rings (SSSR count). The van der Waals surface area contributed by atoms with E-state index < -0.39 is 0 Å². The van der Waals surface area contributed by atoms with Crippen LogP contribution < -0.4 is 9.64 Å². The lowest BCUT2D eigenvalue weighted by Gasteiger charge is -2.38. The first-order chi connectivity index (χ1) is 10.8. The number of rotatable bonds is 4. The summed E-state index contributed by atoms with van der Waals surface area (Å²) in [4.78, 5) is 13.9. The van der Waals surface area contributed by atoms with Crippen LogP contribution in [-0.2, 0) is 16.1 Å². The van der Waals surface area contributed by atoms with E-state index >= 15 is 0 Å². The lowest BCUT2D eigenvalue weighted by molar-refractivity contribution is -0.141. The van der Waals surface area contributed by atoms with Gasteiger partial charge >= 0.3 is 5.97 Å². The number of benzene rings is 2. The summed E-state index contributed by atoms with van der Waals surface area (Å²) in [6.45, 7) is 1.22. The first kappa shape index (κ1) is 14.4. The second-order valence-corrected chi connectivity index (χ2v) is 5.33. The Labute approximate surface area is 130 Å². The SMILES string of the molecule is COC(=O)C[C@H]1COc2ccccc2N1Cc1ccccc1. The van der Waals surface area contributed by atoms with Crippen molar-refractivity contribution in [2.45, 2.75) is 19.0 Å². The third-order valence-electron chi connectivity index (χ3n) is 3.87. The van der Waals surface area contributed by atoms with Gasteiger partial charge in [-0.1, -0.05) is 42.5 Å². The minimum absolute atomic E-state index is 0.0254. The zero-order valence-electron chi connectivity index (χ0n) is 12.6. The van der Waals surface area contributed by atoms with E-state index in [0.717, 1.165) is 18.0 Å². The molecule has 0 saturated heterocycles. The highest BCUT2D eigenvalue weighted by molar-refractivity contribution is 5.72. The average molecular weight is 297 g/mol. The van der Waals surface area contributed by atoms with Crippen LogP contribution in [0.25, 0.3) is 0 Å². The van der Waals surface area contributed by atoms with Crippen molar-refractivity contribution in [2.24, 2.45) is 0 Å². The number of nitrogens with zero attached hydrogens (tertiary/aromatic N) is 1. The molecule has 4 heteroatoms. The van der Waals surface area contributed by atoms with Gasteiger partial charge in [0, 0.05) is 6.54 Å². The van der Waals surface area contributed by atoms with E-state index in [2.05, 4.69) is 17.0 Å². The van der Waals surface area contributed by atoms with E-state index in [-0.39, 0.29) is 12.0 Å². The Hall–Kier alpha value is -2.49. The van der Waals surface area contributed by atoms with Crippen molar-refractivity contribution in [3.63, 3.8) is 0 Å². The minimum Gasteiger partial charge on any atom is -0.489 e. The van der Waals surface area contributed by atoms with Gasteiger partial charge in [-0.05, 0) is 17.7 Å². The van der Waals surface area contributed by atoms with Gasteiger partial charge < -0.3 is 14.4 Å². The fraction of sp³-hybridized carbons (Fsp3) is 0.278. The van der Waals surface area contributed by atoms with Crippen LogP contribution in [0.3, 0.4) is 0 Å². The molecule has 0 radical (unpaired) electrons. The van der Waals surface area contributed by atoms with Gasteiger partial charge in [-0.2, -0.15) is 0 Å². The summed E-state index contributed by atoms with van der Waals surface area (Å²) < 4.78 is 10.6. The van der Waals surface area contributed by atoms with E-state index in [1.807, 2.05) is 42.5 Å². The summed E-state index contributed by atoms with van der Waals surface area (Å²) in [5, 5.41) is 0. The van der Waals surface area contributed by atoms with Crippen molar-refractivity contribution in [2.75, 3.05) is 18.6 Å². The number of anilines is 1. The first-order valence-electron chi connectivity index (χ1n) is 7.37. The van der Waals surface area contributed by atoms with Gasteiger partial charge in [0.25, 0.3) is 0 Å². The van der Waals surface area contributed by atoms with E-state index in [0.29, 0.717) is 13.0 Å². The summed E-state index contributed by atoms with van der Waals surface area (Å²) in [6, 6.07) is 18.1. The molecule has 2 aromatic carbocycles. The van der Waals surface area contributed by atoms with E-state index in [9.17, 15) is 4.79 Å². The lowest BCUT2D eigenvalue weighted by Crippen LogP contribution is -2.44. The van der Waals surface area contributed by atoms with Gasteiger partial charge in [0.2, 0.25) is 0 Å². The molecule has 0 aliphatic carbocycles. The summed E-state index contributed by atoms with van der Waals surface area (Å²) in [5.74, 6) is 0.644. The molecule has 4 nitrogen and oxygen atoms in total. The third kappa shape index (κ3) is 3.06. The monoisotopic (exact) mass is 297 g/mol. The Balaban J connectivity index is 1.89. The molecule has 0 fully saturated rings. The normalized spacial score (nSPS) is 16.6. The molecular formula is C18H19NO3. The van der Waals surface area contributed by atoms with E-state index in [1.165, 1.54) is 12.7 Å². The fourth-order valence-corrected chi connectivity index (χ4v) is 2.73. The smallest absolute Gasteiger partial charge is 0.307 e. The summed E-state index contributed by atoms with van der Waals surface area (Å²) in [5.41, 5.74) is 2.22. The van der Waals surface area contributed by atoms with Crippen LogP contribution in [0.4, 0.5) is 5.69 Å². The number of ether oxygens (including phenoxy) is 2.